The van der Waals surface area contributed by atoms with Gasteiger partial charge in [-0.1, -0.05) is 78.9 Å². The number of hydrogen-bond donors (Lipinski definition) is 0. The van der Waals surface area contributed by atoms with Crippen molar-refractivity contribution in [2.24, 2.45) is 0 Å². The van der Waals surface area contributed by atoms with Crippen LogP contribution in [-0.2, 0) is 0 Å². The maximum Gasteiger partial charge on any atom is 0.0928 e. The van der Waals surface area contributed by atoms with Crippen molar-refractivity contribution in [3.05, 3.63) is 96.7 Å². The van der Waals surface area contributed by atoms with Gasteiger partial charge in [-0.25, -0.2) is 9.97 Å². The van der Waals surface area contributed by atoms with Crippen LogP contribution in [0.15, 0.2) is 91.0 Å². The SMILES string of the molecule is Cc1nc2cc3ccccc3cc2nc1-c1ccc2ccc3cccc4ccc1c2c34. The first-order valence-corrected chi connectivity index (χ1v) is 10.6. The third kappa shape index (κ3) is 2.33. The number of hydrogen-bond acceptors (Lipinski definition) is 2. The molecule has 31 heavy (non-hydrogen) atoms. The molecule has 0 spiro atoms. The normalized spacial score (nSPS) is 12.0. The van der Waals surface area contributed by atoms with Crippen LogP contribution in [-0.4, -0.2) is 9.97 Å². The van der Waals surface area contributed by atoms with Gasteiger partial charge in [0.25, 0.3) is 0 Å². The molecule has 0 radical (unpaired) electrons. The Hall–Kier alpha value is -4.04. The molecule has 0 bridgehead atoms. The van der Waals surface area contributed by atoms with Crippen LogP contribution < -0.4 is 0 Å². The van der Waals surface area contributed by atoms with E-state index in [2.05, 4.69) is 97.9 Å². The molecule has 0 aliphatic carbocycles. The molecule has 0 aliphatic heterocycles. The van der Waals surface area contributed by atoms with Crippen molar-refractivity contribution >= 4 is 54.1 Å². The Morgan fingerprint density at radius 2 is 1.10 bits per heavy atom. The van der Waals surface area contributed by atoms with Gasteiger partial charge in [0.1, 0.15) is 0 Å². The van der Waals surface area contributed by atoms with Crippen LogP contribution >= 0.6 is 0 Å². The molecule has 7 rings (SSSR count). The van der Waals surface area contributed by atoms with Gasteiger partial charge in [0.05, 0.1) is 22.4 Å². The smallest absolute Gasteiger partial charge is 0.0928 e. The van der Waals surface area contributed by atoms with Gasteiger partial charge in [0.15, 0.2) is 0 Å². The first kappa shape index (κ1) is 16.7. The molecule has 6 aromatic carbocycles. The van der Waals surface area contributed by atoms with Crippen LogP contribution in [0.25, 0.3) is 65.4 Å². The summed E-state index contributed by atoms with van der Waals surface area (Å²) >= 11 is 0. The summed E-state index contributed by atoms with van der Waals surface area (Å²) < 4.78 is 0. The minimum absolute atomic E-state index is 0.935. The quantitative estimate of drug-likeness (QED) is 0.211. The second kappa shape index (κ2) is 5.99. The Morgan fingerprint density at radius 1 is 0.516 bits per heavy atom. The van der Waals surface area contributed by atoms with Crippen molar-refractivity contribution in [1.82, 2.24) is 9.97 Å². The van der Waals surface area contributed by atoms with E-state index in [-0.39, 0.29) is 0 Å². The number of nitrogens with zero attached hydrogens (tertiary/aromatic N) is 2. The van der Waals surface area contributed by atoms with Gasteiger partial charge in [-0.3, -0.25) is 0 Å². The Labute approximate surface area is 179 Å². The van der Waals surface area contributed by atoms with Gasteiger partial charge in [-0.2, -0.15) is 0 Å². The maximum absolute atomic E-state index is 5.11. The molecule has 7 aromatic rings. The van der Waals surface area contributed by atoms with E-state index in [0.29, 0.717) is 0 Å². The predicted octanol–water partition coefficient (Wildman–Crippen LogP) is 7.66. The summed E-state index contributed by atoms with van der Waals surface area (Å²) in [6, 6.07) is 32.5. The standard InChI is InChI=1S/C29H18N2/c1-17-29(31-26-16-22-6-3-2-5-21(22)15-25(26)30-17)24-14-12-20-10-9-18-7-4-8-19-11-13-23(24)28(20)27(18)19/h2-16H,1H3. The number of benzene rings is 6. The van der Waals surface area contributed by atoms with E-state index >= 15 is 0 Å². The molecule has 1 aromatic heterocycles. The van der Waals surface area contributed by atoms with Crippen molar-refractivity contribution in [3.63, 3.8) is 0 Å². The van der Waals surface area contributed by atoms with Crippen LogP contribution in [0.5, 0.6) is 0 Å². The summed E-state index contributed by atoms with van der Waals surface area (Å²) in [4.78, 5) is 10.1. The summed E-state index contributed by atoms with van der Waals surface area (Å²) in [6.45, 7) is 2.06. The van der Waals surface area contributed by atoms with Gasteiger partial charge in [0, 0.05) is 5.56 Å². The lowest BCUT2D eigenvalue weighted by molar-refractivity contribution is 1.19. The second-order valence-electron chi connectivity index (χ2n) is 8.31. The van der Waals surface area contributed by atoms with E-state index < -0.39 is 0 Å². The Balaban J connectivity index is 1.58. The van der Waals surface area contributed by atoms with Crippen LogP contribution in [0, 0.1) is 6.92 Å². The van der Waals surface area contributed by atoms with Crippen LogP contribution in [0.4, 0.5) is 0 Å². The minimum atomic E-state index is 0.935. The van der Waals surface area contributed by atoms with Crippen molar-refractivity contribution in [3.8, 4) is 11.3 Å². The van der Waals surface area contributed by atoms with Gasteiger partial charge in [0.2, 0.25) is 0 Å². The van der Waals surface area contributed by atoms with E-state index in [0.717, 1.165) is 28.0 Å². The van der Waals surface area contributed by atoms with Crippen molar-refractivity contribution in [2.75, 3.05) is 0 Å². The van der Waals surface area contributed by atoms with E-state index in [1.807, 2.05) is 0 Å². The van der Waals surface area contributed by atoms with Crippen molar-refractivity contribution < 1.29 is 0 Å². The number of fused-ring (bicyclic) bond motifs is 2. The zero-order valence-corrected chi connectivity index (χ0v) is 17.1. The highest BCUT2D eigenvalue weighted by molar-refractivity contribution is 6.25. The number of aryl methyl sites for hydroxylation is 1. The second-order valence-corrected chi connectivity index (χ2v) is 8.31. The molecule has 0 saturated heterocycles. The highest BCUT2D eigenvalue weighted by Crippen LogP contribution is 2.39. The maximum atomic E-state index is 5.11. The van der Waals surface area contributed by atoms with Crippen LogP contribution in [0.3, 0.4) is 0 Å². The first-order valence-electron chi connectivity index (χ1n) is 10.6. The molecule has 0 aliphatic rings. The van der Waals surface area contributed by atoms with E-state index in [1.54, 1.807) is 0 Å². The third-order valence-corrected chi connectivity index (χ3v) is 6.49. The molecule has 0 amide bonds. The van der Waals surface area contributed by atoms with Gasteiger partial charge in [-0.05, 0) is 62.1 Å². The number of aromatic nitrogens is 2. The lowest BCUT2D eigenvalue weighted by Gasteiger charge is -2.15. The van der Waals surface area contributed by atoms with Crippen molar-refractivity contribution in [2.45, 2.75) is 6.92 Å². The monoisotopic (exact) mass is 394 g/mol. The van der Waals surface area contributed by atoms with E-state index in [1.165, 1.54) is 43.1 Å². The lowest BCUT2D eigenvalue weighted by Crippen LogP contribution is -1.96. The largest absolute Gasteiger partial charge is 0.249 e. The van der Waals surface area contributed by atoms with Crippen LogP contribution in [0.2, 0.25) is 0 Å². The average molecular weight is 394 g/mol. The Kier molecular flexibility index (Phi) is 3.23. The van der Waals surface area contributed by atoms with E-state index in [4.69, 9.17) is 9.97 Å². The first-order chi connectivity index (χ1) is 15.3. The third-order valence-electron chi connectivity index (χ3n) is 6.49. The number of rotatable bonds is 1. The molecule has 0 unspecified atom stereocenters. The lowest BCUT2D eigenvalue weighted by atomic mass is 9.91. The summed E-state index contributed by atoms with van der Waals surface area (Å²) in [5, 5.41) is 10.1. The highest BCUT2D eigenvalue weighted by atomic mass is 14.8. The molecule has 2 heteroatoms. The van der Waals surface area contributed by atoms with E-state index in [9.17, 15) is 0 Å². The molecule has 0 saturated carbocycles. The fraction of sp³-hybridized carbons (Fsp3) is 0.0345. The molecule has 1 heterocycles. The zero-order chi connectivity index (χ0) is 20.5. The molecule has 0 atom stereocenters. The molecular weight excluding hydrogens is 376 g/mol. The Morgan fingerprint density at radius 3 is 1.84 bits per heavy atom. The Bertz CT molecular complexity index is 1780. The molecule has 0 fully saturated rings. The average Bonchev–Trinajstić information content (AvgIpc) is 2.81. The summed E-state index contributed by atoms with van der Waals surface area (Å²) in [5.41, 5.74) is 4.94. The molecule has 144 valence electrons. The van der Waals surface area contributed by atoms with Gasteiger partial charge < -0.3 is 0 Å². The fourth-order valence-corrected chi connectivity index (χ4v) is 5.03. The summed E-state index contributed by atoms with van der Waals surface area (Å²) in [6.07, 6.45) is 0. The molecular formula is C29H18N2. The molecule has 2 nitrogen and oxygen atoms in total. The zero-order valence-electron chi connectivity index (χ0n) is 17.1. The summed E-state index contributed by atoms with van der Waals surface area (Å²) in [7, 11) is 0. The minimum Gasteiger partial charge on any atom is -0.249 e. The van der Waals surface area contributed by atoms with Crippen LogP contribution in [0.1, 0.15) is 5.69 Å². The summed E-state index contributed by atoms with van der Waals surface area (Å²) in [5.74, 6) is 0. The predicted molar refractivity (Wildman–Crippen MR) is 131 cm³/mol. The van der Waals surface area contributed by atoms with Gasteiger partial charge >= 0.3 is 0 Å². The van der Waals surface area contributed by atoms with Crippen molar-refractivity contribution in [1.29, 1.82) is 0 Å². The molecule has 0 N–H and O–H groups in total. The fourth-order valence-electron chi connectivity index (χ4n) is 5.03. The van der Waals surface area contributed by atoms with Gasteiger partial charge in [-0.15, -0.1) is 0 Å². The highest BCUT2D eigenvalue weighted by Gasteiger charge is 2.15. The topological polar surface area (TPSA) is 25.8 Å².